The van der Waals surface area contributed by atoms with Gasteiger partial charge in [0.1, 0.15) is 29.8 Å². The second kappa shape index (κ2) is 8.77. The Kier molecular flexibility index (Phi) is 5.76. The Hall–Kier alpha value is -3.79. The molecule has 0 radical (unpaired) electrons. The molecule has 0 aliphatic carbocycles. The predicted octanol–water partition coefficient (Wildman–Crippen LogP) is 4.27. The summed E-state index contributed by atoms with van der Waals surface area (Å²) in [5.41, 5.74) is 0.788. The van der Waals surface area contributed by atoms with Gasteiger partial charge in [-0.2, -0.15) is 0 Å². The predicted molar refractivity (Wildman–Crippen MR) is 122 cm³/mol. The third kappa shape index (κ3) is 3.83. The summed E-state index contributed by atoms with van der Waals surface area (Å²) < 4.78 is 50.3. The van der Waals surface area contributed by atoms with E-state index in [0.717, 1.165) is 22.5 Å². The van der Waals surface area contributed by atoms with Gasteiger partial charge in [-0.1, -0.05) is 11.2 Å². The Labute approximate surface area is 199 Å². The van der Waals surface area contributed by atoms with Gasteiger partial charge in [-0.05, 0) is 49.1 Å². The lowest BCUT2D eigenvalue weighted by Crippen LogP contribution is -2.52. The lowest BCUT2D eigenvalue weighted by molar-refractivity contribution is -0.141. The van der Waals surface area contributed by atoms with E-state index in [-0.39, 0.29) is 0 Å². The first-order valence-corrected chi connectivity index (χ1v) is 11.1. The highest BCUT2D eigenvalue weighted by Crippen LogP contribution is 2.42. The molecule has 1 fully saturated rings. The lowest BCUT2D eigenvalue weighted by atomic mass is 9.94. The first kappa shape index (κ1) is 23.0. The standard InChI is InChI=1S/C25H23F3N4O3/c1-15-12-31(14-29-15)21-6-5-16(9-22(21)34-2)8-17-4-3-7-32-24(17)30-35-25(32,13-33)23-19(27)10-18(26)11-20(23)28/h5-6,8-12,14,33H,3-4,7,13H2,1-2H3/b17-8+. The quantitative estimate of drug-likeness (QED) is 0.586. The molecule has 3 heterocycles. The fourth-order valence-corrected chi connectivity index (χ4v) is 4.62. The van der Waals surface area contributed by atoms with Crippen molar-refractivity contribution < 1.29 is 27.9 Å². The molecule has 2 aromatic carbocycles. The van der Waals surface area contributed by atoms with E-state index in [1.165, 1.54) is 4.90 Å². The summed E-state index contributed by atoms with van der Waals surface area (Å²) in [5, 5.41) is 14.3. The number of halogens is 3. The van der Waals surface area contributed by atoms with Crippen LogP contribution in [0.5, 0.6) is 5.75 Å². The number of aryl methyl sites for hydroxylation is 1. The zero-order chi connectivity index (χ0) is 24.7. The largest absolute Gasteiger partial charge is 0.495 e. The number of benzene rings is 2. The summed E-state index contributed by atoms with van der Waals surface area (Å²) in [5.74, 6) is -2.37. The van der Waals surface area contributed by atoms with E-state index in [0.29, 0.717) is 43.1 Å². The summed E-state index contributed by atoms with van der Waals surface area (Å²) in [6, 6.07) is 6.81. The van der Waals surface area contributed by atoms with Gasteiger partial charge in [-0.15, -0.1) is 0 Å². The summed E-state index contributed by atoms with van der Waals surface area (Å²) in [4.78, 5) is 11.3. The molecular weight excluding hydrogens is 461 g/mol. The SMILES string of the molecule is COc1cc(/C=C2\CCCN3C2=NOC3(CO)c2c(F)cc(F)cc2F)ccc1-n1cnc(C)c1. The van der Waals surface area contributed by atoms with Gasteiger partial charge in [0.15, 0.2) is 5.84 Å². The van der Waals surface area contributed by atoms with Crippen LogP contribution in [0.25, 0.3) is 11.8 Å². The van der Waals surface area contributed by atoms with Crippen LogP contribution >= 0.6 is 0 Å². The minimum absolute atomic E-state index is 0.342. The number of aliphatic hydroxyl groups is 1. The van der Waals surface area contributed by atoms with Gasteiger partial charge in [0.2, 0.25) is 0 Å². The average Bonchev–Trinajstić information content (AvgIpc) is 3.43. The molecule has 35 heavy (non-hydrogen) atoms. The van der Waals surface area contributed by atoms with Gasteiger partial charge in [0.05, 0.1) is 30.4 Å². The highest BCUT2D eigenvalue weighted by Gasteiger charge is 2.52. The molecule has 0 amide bonds. The molecule has 5 rings (SSSR count). The second-order valence-corrected chi connectivity index (χ2v) is 8.47. The van der Waals surface area contributed by atoms with Crippen molar-refractivity contribution in [2.45, 2.75) is 25.5 Å². The second-order valence-electron chi connectivity index (χ2n) is 8.47. The molecule has 0 saturated carbocycles. The van der Waals surface area contributed by atoms with Gasteiger partial charge in [0.25, 0.3) is 5.72 Å². The van der Waals surface area contributed by atoms with Crippen LogP contribution in [0.1, 0.15) is 29.7 Å². The minimum atomic E-state index is -1.92. The number of hydrogen-bond donors (Lipinski definition) is 1. The van der Waals surface area contributed by atoms with Crippen LogP contribution in [0.2, 0.25) is 0 Å². The fourth-order valence-electron chi connectivity index (χ4n) is 4.62. The summed E-state index contributed by atoms with van der Waals surface area (Å²) in [7, 11) is 1.58. The summed E-state index contributed by atoms with van der Waals surface area (Å²) >= 11 is 0. The van der Waals surface area contributed by atoms with Crippen molar-refractivity contribution >= 4 is 11.9 Å². The van der Waals surface area contributed by atoms with Crippen LogP contribution in [0.4, 0.5) is 13.2 Å². The molecular formula is C25H23F3N4O3. The normalized spacial score (nSPS) is 20.6. The average molecular weight is 484 g/mol. The van der Waals surface area contributed by atoms with E-state index < -0.39 is 35.3 Å². The maximum atomic E-state index is 14.7. The minimum Gasteiger partial charge on any atom is -0.495 e. The fraction of sp³-hybridized carbons (Fsp3) is 0.280. The van der Waals surface area contributed by atoms with Gasteiger partial charge in [-0.3, -0.25) is 0 Å². The van der Waals surface area contributed by atoms with E-state index >= 15 is 0 Å². The number of nitrogens with zero attached hydrogens (tertiary/aromatic N) is 4. The maximum absolute atomic E-state index is 14.7. The van der Waals surface area contributed by atoms with Gasteiger partial charge in [0, 0.05) is 24.9 Å². The van der Waals surface area contributed by atoms with Gasteiger partial charge in [-0.25, -0.2) is 18.2 Å². The van der Waals surface area contributed by atoms with Crippen molar-refractivity contribution in [2.24, 2.45) is 5.16 Å². The zero-order valence-electron chi connectivity index (χ0n) is 19.1. The third-order valence-electron chi connectivity index (χ3n) is 6.24. The van der Waals surface area contributed by atoms with E-state index in [4.69, 9.17) is 9.57 Å². The van der Waals surface area contributed by atoms with Crippen molar-refractivity contribution in [1.29, 1.82) is 0 Å². The topological polar surface area (TPSA) is 72.1 Å². The molecule has 10 heteroatoms. The number of rotatable bonds is 5. The molecule has 0 spiro atoms. The van der Waals surface area contributed by atoms with E-state index in [9.17, 15) is 18.3 Å². The Balaban J connectivity index is 1.50. The Morgan fingerprint density at radius 3 is 2.63 bits per heavy atom. The Morgan fingerprint density at radius 1 is 1.20 bits per heavy atom. The van der Waals surface area contributed by atoms with Crippen LogP contribution in [0.3, 0.4) is 0 Å². The molecule has 7 nitrogen and oxygen atoms in total. The van der Waals surface area contributed by atoms with Crippen LogP contribution in [0.15, 0.2) is 53.6 Å². The van der Waals surface area contributed by atoms with Crippen LogP contribution in [0, 0.1) is 24.4 Å². The number of oxime groups is 1. The number of imidazole rings is 1. The number of aromatic nitrogens is 2. The van der Waals surface area contributed by atoms with Crippen LogP contribution < -0.4 is 4.74 Å². The van der Waals surface area contributed by atoms with E-state index in [2.05, 4.69) is 10.1 Å². The van der Waals surface area contributed by atoms with Crippen LogP contribution in [-0.4, -0.2) is 45.7 Å². The Bertz CT molecular complexity index is 1330. The first-order chi connectivity index (χ1) is 16.9. The van der Waals surface area contributed by atoms with Crippen molar-refractivity contribution in [1.82, 2.24) is 14.5 Å². The number of aliphatic hydroxyl groups excluding tert-OH is 1. The number of piperidine rings is 1. The van der Waals surface area contributed by atoms with Gasteiger partial charge >= 0.3 is 0 Å². The van der Waals surface area contributed by atoms with E-state index in [1.54, 1.807) is 13.4 Å². The highest BCUT2D eigenvalue weighted by atomic mass is 19.1. The third-order valence-corrected chi connectivity index (χ3v) is 6.24. The number of fused-ring (bicyclic) bond motifs is 1. The Morgan fingerprint density at radius 2 is 1.97 bits per heavy atom. The highest BCUT2D eigenvalue weighted by molar-refractivity contribution is 6.03. The smallest absolute Gasteiger partial charge is 0.266 e. The molecule has 182 valence electrons. The number of hydrogen-bond acceptors (Lipinski definition) is 6. The molecule has 3 aromatic rings. The molecule has 1 unspecified atom stereocenters. The molecule has 1 aromatic heterocycles. The lowest BCUT2D eigenvalue weighted by Gasteiger charge is -2.39. The molecule has 2 aliphatic heterocycles. The number of amidine groups is 1. The molecule has 1 N–H and O–H groups in total. The summed E-state index contributed by atoms with van der Waals surface area (Å²) in [6.07, 6.45) is 6.76. The molecule has 1 atom stereocenters. The molecule has 2 aliphatic rings. The van der Waals surface area contributed by atoms with Crippen molar-refractivity contribution in [3.05, 3.63) is 82.7 Å². The summed E-state index contributed by atoms with van der Waals surface area (Å²) in [6.45, 7) is 1.46. The van der Waals surface area contributed by atoms with Crippen molar-refractivity contribution in [3.63, 3.8) is 0 Å². The monoisotopic (exact) mass is 484 g/mol. The van der Waals surface area contributed by atoms with Crippen molar-refractivity contribution in [3.8, 4) is 11.4 Å². The number of ether oxygens (including phenoxy) is 1. The number of methoxy groups -OCH3 is 1. The van der Waals surface area contributed by atoms with E-state index in [1.807, 2.05) is 42.0 Å². The first-order valence-electron chi connectivity index (χ1n) is 11.1. The van der Waals surface area contributed by atoms with Crippen molar-refractivity contribution in [2.75, 3.05) is 20.3 Å². The zero-order valence-corrected chi connectivity index (χ0v) is 19.1. The molecule has 0 bridgehead atoms. The van der Waals surface area contributed by atoms with Gasteiger partial charge < -0.3 is 24.1 Å². The molecule has 1 saturated heterocycles. The maximum Gasteiger partial charge on any atom is 0.266 e. The van der Waals surface area contributed by atoms with Crippen LogP contribution in [-0.2, 0) is 10.6 Å².